The predicted octanol–water partition coefficient (Wildman–Crippen LogP) is 2.12. The number of aromatic nitrogens is 2. The Hall–Kier alpha value is -0.860. The van der Waals surface area contributed by atoms with E-state index in [4.69, 9.17) is 4.42 Å². The molecule has 0 saturated heterocycles. The van der Waals surface area contributed by atoms with Gasteiger partial charge in [-0.3, -0.25) is 0 Å². The lowest BCUT2D eigenvalue weighted by Crippen LogP contribution is -2.04. The first-order valence-corrected chi connectivity index (χ1v) is 4.23. The summed E-state index contributed by atoms with van der Waals surface area (Å²) in [4.78, 5) is 0. The summed E-state index contributed by atoms with van der Waals surface area (Å²) in [6.45, 7) is 0. The van der Waals surface area contributed by atoms with Gasteiger partial charge in [-0.2, -0.15) is 0 Å². The Morgan fingerprint density at radius 1 is 1.27 bits per heavy atom. The maximum atomic E-state index is 5.15. The lowest BCUT2D eigenvalue weighted by molar-refractivity contribution is 0.363. The highest BCUT2D eigenvalue weighted by atomic mass is 16.4. The van der Waals surface area contributed by atoms with Gasteiger partial charge in [-0.25, -0.2) is 0 Å². The summed E-state index contributed by atoms with van der Waals surface area (Å²) >= 11 is 0. The van der Waals surface area contributed by atoms with Crippen LogP contribution in [-0.4, -0.2) is 10.2 Å². The summed E-state index contributed by atoms with van der Waals surface area (Å²) in [5.74, 6) is 1.39. The molecule has 3 heteroatoms. The Balaban J connectivity index is 2.04. The maximum Gasteiger partial charge on any atom is 0.219 e. The summed E-state index contributed by atoms with van der Waals surface area (Å²) in [6, 6.07) is 0. The average molecular weight is 152 g/mol. The van der Waals surface area contributed by atoms with Crippen LogP contribution in [0.5, 0.6) is 0 Å². The van der Waals surface area contributed by atoms with Gasteiger partial charge in [-0.15, -0.1) is 10.2 Å². The van der Waals surface area contributed by atoms with Gasteiger partial charge in [0.05, 0.1) is 0 Å². The quantitative estimate of drug-likeness (QED) is 0.618. The van der Waals surface area contributed by atoms with Crippen LogP contribution in [0.4, 0.5) is 0 Å². The second-order valence-corrected chi connectivity index (χ2v) is 3.11. The molecule has 1 fully saturated rings. The highest BCUT2D eigenvalue weighted by molar-refractivity contribution is 4.89. The van der Waals surface area contributed by atoms with E-state index in [0.717, 1.165) is 5.89 Å². The molecule has 60 valence electrons. The van der Waals surface area contributed by atoms with E-state index in [9.17, 15) is 0 Å². The average Bonchev–Trinajstić information content (AvgIpc) is 2.58. The van der Waals surface area contributed by atoms with Crippen molar-refractivity contribution in [1.82, 2.24) is 10.2 Å². The number of hydrogen-bond acceptors (Lipinski definition) is 3. The SMILES string of the molecule is c1nnc(C2CCCCC2)o1. The molecule has 1 aliphatic rings. The first-order chi connectivity index (χ1) is 5.47. The highest BCUT2D eigenvalue weighted by Crippen LogP contribution is 2.30. The fraction of sp³-hybridized carbons (Fsp3) is 0.750. The molecule has 3 nitrogen and oxygen atoms in total. The summed E-state index contributed by atoms with van der Waals surface area (Å²) in [6.07, 6.45) is 7.86. The van der Waals surface area contributed by atoms with Gasteiger partial charge in [0.15, 0.2) is 0 Å². The van der Waals surface area contributed by atoms with Crippen LogP contribution in [0.25, 0.3) is 0 Å². The van der Waals surface area contributed by atoms with Gasteiger partial charge in [0, 0.05) is 5.92 Å². The molecule has 1 aromatic rings. The van der Waals surface area contributed by atoms with Crippen molar-refractivity contribution in [1.29, 1.82) is 0 Å². The van der Waals surface area contributed by atoms with Crippen LogP contribution >= 0.6 is 0 Å². The van der Waals surface area contributed by atoms with E-state index in [2.05, 4.69) is 10.2 Å². The van der Waals surface area contributed by atoms with Crippen LogP contribution in [0.2, 0.25) is 0 Å². The molecule has 0 aromatic carbocycles. The fourth-order valence-electron chi connectivity index (χ4n) is 1.71. The van der Waals surface area contributed by atoms with Crippen molar-refractivity contribution in [3.05, 3.63) is 12.3 Å². The molecular formula is C8H12N2O. The lowest BCUT2D eigenvalue weighted by Gasteiger charge is -2.17. The normalized spacial score (nSPS) is 20.4. The topological polar surface area (TPSA) is 38.9 Å². The van der Waals surface area contributed by atoms with E-state index in [0.29, 0.717) is 5.92 Å². The largest absolute Gasteiger partial charge is 0.428 e. The molecule has 0 amide bonds. The molecule has 0 unspecified atom stereocenters. The molecule has 1 heterocycles. The minimum atomic E-state index is 0.547. The van der Waals surface area contributed by atoms with Crippen LogP contribution in [-0.2, 0) is 0 Å². The standard InChI is InChI=1S/C8H12N2O/c1-2-4-7(5-3-1)8-10-9-6-11-8/h6-7H,1-5H2. The summed E-state index contributed by atoms with van der Waals surface area (Å²) < 4.78 is 5.15. The Labute approximate surface area is 65.8 Å². The molecule has 1 saturated carbocycles. The van der Waals surface area contributed by atoms with Crippen LogP contribution in [0.3, 0.4) is 0 Å². The lowest BCUT2D eigenvalue weighted by atomic mass is 9.89. The minimum Gasteiger partial charge on any atom is -0.428 e. The van der Waals surface area contributed by atoms with Crippen molar-refractivity contribution >= 4 is 0 Å². The molecule has 0 aliphatic heterocycles. The predicted molar refractivity (Wildman–Crippen MR) is 40.1 cm³/mol. The molecule has 0 spiro atoms. The van der Waals surface area contributed by atoms with Gasteiger partial charge in [0.2, 0.25) is 12.3 Å². The number of rotatable bonds is 1. The Morgan fingerprint density at radius 2 is 2.09 bits per heavy atom. The summed E-state index contributed by atoms with van der Waals surface area (Å²) in [7, 11) is 0. The zero-order chi connectivity index (χ0) is 7.52. The molecule has 2 rings (SSSR count). The van der Waals surface area contributed by atoms with Gasteiger partial charge in [-0.05, 0) is 12.8 Å². The third kappa shape index (κ3) is 1.42. The number of nitrogens with zero attached hydrogens (tertiary/aromatic N) is 2. The molecule has 1 aliphatic carbocycles. The molecular weight excluding hydrogens is 140 g/mol. The molecule has 11 heavy (non-hydrogen) atoms. The van der Waals surface area contributed by atoms with Gasteiger partial charge >= 0.3 is 0 Å². The molecule has 0 N–H and O–H groups in total. The van der Waals surface area contributed by atoms with E-state index in [1.165, 1.54) is 38.5 Å². The van der Waals surface area contributed by atoms with E-state index in [1.807, 2.05) is 0 Å². The third-order valence-electron chi connectivity index (χ3n) is 2.33. The van der Waals surface area contributed by atoms with Crippen molar-refractivity contribution in [2.24, 2.45) is 0 Å². The summed E-state index contributed by atoms with van der Waals surface area (Å²) in [5, 5.41) is 7.60. The van der Waals surface area contributed by atoms with Gasteiger partial charge in [-0.1, -0.05) is 19.3 Å². The highest BCUT2D eigenvalue weighted by Gasteiger charge is 2.19. The second-order valence-electron chi connectivity index (χ2n) is 3.11. The molecule has 0 bridgehead atoms. The van der Waals surface area contributed by atoms with E-state index in [1.54, 1.807) is 0 Å². The maximum absolute atomic E-state index is 5.15. The van der Waals surface area contributed by atoms with Crippen LogP contribution in [0.15, 0.2) is 10.8 Å². The monoisotopic (exact) mass is 152 g/mol. The zero-order valence-corrected chi connectivity index (χ0v) is 6.49. The van der Waals surface area contributed by atoms with E-state index < -0.39 is 0 Å². The molecule has 0 radical (unpaired) electrons. The van der Waals surface area contributed by atoms with Crippen LogP contribution in [0.1, 0.15) is 43.9 Å². The Morgan fingerprint density at radius 3 is 2.73 bits per heavy atom. The van der Waals surface area contributed by atoms with Crippen molar-refractivity contribution in [3.8, 4) is 0 Å². The van der Waals surface area contributed by atoms with Gasteiger partial charge in [0.1, 0.15) is 0 Å². The number of hydrogen-bond donors (Lipinski definition) is 0. The van der Waals surface area contributed by atoms with E-state index in [-0.39, 0.29) is 0 Å². The second kappa shape index (κ2) is 3.03. The Bertz CT molecular complexity index is 202. The third-order valence-corrected chi connectivity index (χ3v) is 2.33. The first-order valence-electron chi connectivity index (χ1n) is 4.23. The van der Waals surface area contributed by atoms with Crippen LogP contribution in [0, 0.1) is 0 Å². The summed E-state index contributed by atoms with van der Waals surface area (Å²) in [5.41, 5.74) is 0. The van der Waals surface area contributed by atoms with Crippen molar-refractivity contribution in [2.45, 2.75) is 38.0 Å². The zero-order valence-electron chi connectivity index (χ0n) is 6.49. The van der Waals surface area contributed by atoms with Crippen LogP contribution < -0.4 is 0 Å². The fourth-order valence-corrected chi connectivity index (χ4v) is 1.71. The molecule has 0 atom stereocenters. The van der Waals surface area contributed by atoms with Crippen molar-refractivity contribution in [2.75, 3.05) is 0 Å². The van der Waals surface area contributed by atoms with Crippen molar-refractivity contribution < 1.29 is 4.42 Å². The van der Waals surface area contributed by atoms with Gasteiger partial charge < -0.3 is 4.42 Å². The first kappa shape index (κ1) is 6.83. The minimum absolute atomic E-state index is 0.547. The van der Waals surface area contributed by atoms with E-state index >= 15 is 0 Å². The smallest absolute Gasteiger partial charge is 0.219 e. The van der Waals surface area contributed by atoms with Gasteiger partial charge in [0.25, 0.3) is 0 Å². The molecule has 1 aromatic heterocycles. The Kier molecular flexibility index (Phi) is 1.88. The van der Waals surface area contributed by atoms with Crippen molar-refractivity contribution in [3.63, 3.8) is 0 Å².